The number of nitro benzene ring substituents is 1. The largest absolute Gasteiger partial charge is 0.504 e. The topological polar surface area (TPSA) is 96.2 Å². The van der Waals surface area contributed by atoms with E-state index in [0.717, 1.165) is 55.5 Å². The van der Waals surface area contributed by atoms with Gasteiger partial charge in [-0.05, 0) is 87.2 Å². The van der Waals surface area contributed by atoms with Crippen molar-refractivity contribution in [1.82, 2.24) is 9.80 Å². The number of hydrogen-bond donors (Lipinski definition) is 1. The number of phenolic OH excluding ortho intramolecular Hbond substituents is 1. The molecule has 1 saturated carbocycles. The van der Waals surface area contributed by atoms with Crippen LogP contribution in [0.2, 0.25) is 0 Å². The highest BCUT2D eigenvalue weighted by Gasteiger charge is 2.67. The van der Waals surface area contributed by atoms with E-state index in [1.54, 1.807) is 11.9 Å². The second-order valence-electron chi connectivity index (χ2n) is 12.9. The monoisotopic (exact) mass is 591 g/mol. The molecule has 2 aliphatic heterocycles. The third-order valence-electron chi connectivity index (χ3n) is 10.9. The number of aryl methyl sites for hydroxylation is 2. The van der Waals surface area contributed by atoms with Crippen LogP contribution in [0.3, 0.4) is 0 Å². The van der Waals surface area contributed by atoms with Crippen molar-refractivity contribution in [1.29, 1.82) is 0 Å². The molecular formula is C36H37N3O5. The minimum Gasteiger partial charge on any atom is -0.504 e. The Bertz CT molecular complexity index is 1730. The average Bonchev–Trinajstić information content (AvgIpc) is 3.37. The van der Waals surface area contributed by atoms with E-state index in [-0.39, 0.29) is 40.3 Å². The lowest BCUT2D eigenvalue weighted by Gasteiger charge is -2.60. The van der Waals surface area contributed by atoms with Crippen molar-refractivity contribution in [2.45, 2.75) is 69.6 Å². The molecule has 44 heavy (non-hydrogen) atoms. The van der Waals surface area contributed by atoms with Crippen LogP contribution in [0.1, 0.15) is 52.6 Å². The molecule has 1 saturated heterocycles. The predicted molar refractivity (Wildman–Crippen MR) is 167 cm³/mol. The van der Waals surface area contributed by atoms with E-state index in [1.165, 1.54) is 17.2 Å². The highest BCUT2D eigenvalue weighted by atomic mass is 16.6. The van der Waals surface area contributed by atoms with Crippen molar-refractivity contribution >= 4 is 11.6 Å². The summed E-state index contributed by atoms with van der Waals surface area (Å²) in [5.41, 5.74) is 5.30. The fraction of sp³-hybridized carbons (Fsp3) is 0.417. The summed E-state index contributed by atoms with van der Waals surface area (Å²) in [6.07, 6.45) is 3.39. The van der Waals surface area contributed by atoms with E-state index in [2.05, 4.69) is 41.0 Å². The number of hydrogen-bond acceptors (Lipinski definition) is 6. The second kappa shape index (κ2) is 10.7. The predicted octanol–water partition coefficient (Wildman–Crippen LogP) is 5.08. The molecule has 8 nitrogen and oxygen atoms in total. The molecule has 5 atom stereocenters. The summed E-state index contributed by atoms with van der Waals surface area (Å²) in [5.74, 6) is 5.97. The molecule has 2 aliphatic carbocycles. The summed E-state index contributed by atoms with van der Waals surface area (Å²) >= 11 is 0. The molecule has 4 aliphatic rings. The molecule has 0 radical (unpaired) electrons. The number of benzene rings is 3. The first-order valence-corrected chi connectivity index (χ1v) is 15.5. The molecule has 0 aromatic heterocycles. The van der Waals surface area contributed by atoms with Crippen LogP contribution in [0.25, 0.3) is 0 Å². The summed E-state index contributed by atoms with van der Waals surface area (Å²) in [6.45, 7) is 5.77. The molecule has 2 heterocycles. The third-order valence-corrected chi connectivity index (χ3v) is 10.9. The van der Waals surface area contributed by atoms with E-state index >= 15 is 0 Å². The zero-order chi connectivity index (χ0) is 30.7. The zero-order valence-corrected chi connectivity index (χ0v) is 25.4. The first-order chi connectivity index (χ1) is 21.2. The SMILES string of the molecule is Cc1ccc(C#CC(=O)N(C)[C@@H]2CC[C@H]3[C@H]4Cc5c([N+](=O)[O-])cc(O)c6c5[C@@]3(CCN4CCc3ccccc3)[C@H]2O6)cc1C. The van der Waals surface area contributed by atoms with E-state index in [0.29, 0.717) is 17.7 Å². The van der Waals surface area contributed by atoms with Gasteiger partial charge in [0.05, 0.1) is 17.0 Å². The van der Waals surface area contributed by atoms with Crippen molar-refractivity contribution in [3.05, 3.63) is 98.1 Å². The number of likely N-dealkylation sites (N-methyl/N-ethyl adjacent to an activating group) is 1. The number of ether oxygens (including phenoxy) is 1. The Hall–Kier alpha value is -4.35. The number of amides is 1. The summed E-state index contributed by atoms with van der Waals surface area (Å²) in [7, 11) is 1.78. The quantitative estimate of drug-likeness (QED) is 0.253. The fourth-order valence-corrected chi connectivity index (χ4v) is 8.60. The Kier molecular flexibility index (Phi) is 6.89. The summed E-state index contributed by atoms with van der Waals surface area (Å²) < 4.78 is 6.65. The normalized spacial score (nSPS) is 26.2. The van der Waals surface area contributed by atoms with Gasteiger partial charge in [-0.1, -0.05) is 42.3 Å². The summed E-state index contributed by atoms with van der Waals surface area (Å²) in [4.78, 5) is 29.6. The Balaban J connectivity index is 1.24. The maximum absolute atomic E-state index is 13.5. The number of nitrogens with zero attached hydrogens (tertiary/aromatic N) is 3. The van der Waals surface area contributed by atoms with Gasteiger partial charge in [-0.2, -0.15) is 0 Å². The van der Waals surface area contributed by atoms with Gasteiger partial charge in [0, 0.05) is 47.7 Å². The Morgan fingerprint density at radius 3 is 2.70 bits per heavy atom. The van der Waals surface area contributed by atoms with E-state index in [9.17, 15) is 20.0 Å². The minimum absolute atomic E-state index is 0.0379. The Labute approximate surface area is 257 Å². The molecule has 7 rings (SSSR count). The van der Waals surface area contributed by atoms with Crippen LogP contribution in [-0.2, 0) is 23.1 Å². The Morgan fingerprint density at radius 1 is 1.16 bits per heavy atom. The third kappa shape index (κ3) is 4.36. The first-order valence-electron chi connectivity index (χ1n) is 15.5. The molecule has 2 bridgehead atoms. The van der Waals surface area contributed by atoms with Crippen LogP contribution in [0.15, 0.2) is 54.6 Å². The maximum atomic E-state index is 13.5. The van der Waals surface area contributed by atoms with E-state index in [1.807, 2.05) is 38.1 Å². The van der Waals surface area contributed by atoms with Gasteiger partial charge in [0.2, 0.25) is 0 Å². The van der Waals surface area contributed by atoms with Crippen LogP contribution >= 0.6 is 0 Å². The average molecular weight is 592 g/mol. The van der Waals surface area contributed by atoms with E-state index < -0.39 is 11.5 Å². The summed E-state index contributed by atoms with van der Waals surface area (Å²) in [5, 5.41) is 23.3. The van der Waals surface area contributed by atoms with Crippen molar-refractivity contribution < 1.29 is 19.6 Å². The lowest BCUT2D eigenvalue weighted by molar-refractivity contribution is -0.385. The second-order valence-corrected chi connectivity index (χ2v) is 12.9. The van der Waals surface area contributed by atoms with Crippen molar-refractivity contribution in [3.63, 3.8) is 0 Å². The van der Waals surface area contributed by atoms with Gasteiger partial charge >= 0.3 is 0 Å². The number of rotatable bonds is 5. The van der Waals surface area contributed by atoms with Gasteiger partial charge in [-0.15, -0.1) is 0 Å². The Morgan fingerprint density at radius 2 is 1.95 bits per heavy atom. The number of phenols is 1. The minimum atomic E-state index is -0.515. The molecular weight excluding hydrogens is 554 g/mol. The smallest absolute Gasteiger partial charge is 0.298 e. The molecule has 1 N–H and O–H groups in total. The van der Waals surface area contributed by atoms with Crippen LogP contribution < -0.4 is 4.74 Å². The van der Waals surface area contributed by atoms with Gasteiger partial charge in [-0.25, -0.2) is 0 Å². The van der Waals surface area contributed by atoms with Gasteiger partial charge in [0.15, 0.2) is 11.5 Å². The van der Waals surface area contributed by atoms with Crippen LogP contribution in [-0.4, -0.2) is 64.1 Å². The van der Waals surface area contributed by atoms with Gasteiger partial charge in [0.25, 0.3) is 11.6 Å². The standard InChI is InChI=1S/C36H37N3O5/c1-22-9-10-25(19-23(22)2)11-14-32(41)37(3)28-13-12-27-30-20-26-29(39(42)43)21-31(40)34-33(26)36(27,35(28)44-34)16-18-38(30)17-15-24-7-5-4-6-8-24/h4-10,19,21,27-28,30,35,40H,12-13,15-18,20H2,1-3H3/t27-,28+,30+,35-,36-/m0/s1. The van der Waals surface area contributed by atoms with Crippen LogP contribution in [0, 0.1) is 41.7 Å². The molecule has 1 amide bonds. The highest BCUT2D eigenvalue weighted by Crippen LogP contribution is 2.65. The number of likely N-dealkylation sites (tertiary alicyclic amines) is 1. The summed E-state index contributed by atoms with van der Waals surface area (Å²) in [6, 6.07) is 17.4. The molecule has 2 fully saturated rings. The molecule has 3 aromatic rings. The number of carbonyl (C=O) groups excluding carboxylic acids is 1. The van der Waals surface area contributed by atoms with Crippen molar-refractivity contribution in [2.75, 3.05) is 20.1 Å². The van der Waals surface area contributed by atoms with Crippen LogP contribution in [0.5, 0.6) is 11.5 Å². The lowest BCUT2D eigenvalue weighted by atomic mass is 9.50. The number of nitro groups is 1. The number of carbonyl (C=O) groups is 1. The fourth-order valence-electron chi connectivity index (χ4n) is 8.60. The number of aromatic hydroxyl groups is 1. The molecule has 3 aromatic carbocycles. The molecule has 226 valence electrons. The molecule has 8 heteroatoms. The number of piperidine rings is 1. The van der Waals surface area contributed by atoms with Gasteiger partial charge < -0.3 is 14.7 Å². The van der Waals surface area contributed by atoms with Gasteiger partial charge in [-0.3, -0.25) is 19.8 Å². The first kappa shape index (κ1) is 28.4. The maximum Gasteiger partial charge on any atom is 0.298 e. The van der Waals surface area contributed by atoms with Crippen molar-refractivity contribution in [2.24, 2.45) is 5.92 Å². The van der Waals surface area contributed by atoms with E-state index in [4.69, 9.17) is 4.74 Å². The molecule has 1 spiro atoms. The molecule has 0 unspecified atom stereocenters. The van der Waals surface area contributed by atoms with Crippen molar-refractivity contribution in [3.8, 4) is 23.3 Å². The highest BCUT2D eigenvalue weighted by molar-refractivity contribution is 5.94. The van der Waals surface area contributed by atoms with Crippen LogP contribution in [0.4, 0.5) is 5.69 Å². The lowest BCUT2D eigenvalue weighted by Crippen LogP contribution is -2.69. The zero-order valence-electron chi connectivity index (χ0n) is 25.4. The van der Waals surface area contributed by atoms with Gasteiger partial charge in [0.1, 0.15) is 6.10 Å².